The van der Waals surface area contributed by atoms with E-state index in [9.17, 15) is 4.79 Å². The molecule has 2 aromatic carbocycles. The zero-order chi connectivity index (χ0) is 15.2. The highest BCUT2D eigenvalue weighted by Gasteiger charge is 2.07. The second kappa shape index (κ2) is 6.99. The fourth-order valence-electron chi connectivity index (χ4n) is 1.96. The summed E-state index contributed by atoms with van der Waals surface area (Å²) in [7, 11) is 2.98. The van der Waals surface area contributed by atoms with Gasteiger partial charge in [0.1, 0.15) is 5.75 Å². The number of hydrogen-bond acceptors (Lipinski definition) is 4. The SMILES string of the molecule is COC(=O)c1cccc(NCc2cc(Cl)ccc2OC)c1. The minimum atomic E-state index is -0.362. The number of benzene rings is 2. The molecule has 0 aliphatic heterocycles. The molecule has 0 radical (unpaired) electrons. The average Bonchev–Trinajstić information content (AvgIpc) is 2.52. The number of anilines is 1. The molecule has 21 heavy (non-hydrogen) atoms. The summed E-state index contributed by atoms with van der Waals surface area (Å²) in [5.74, 6) is 0.398. The topological polar surface area (TPSA) is 47.6 Å². The Morgan fingerprint density at radius 1 is 1.19 bits per heavy atom. The van der Waals surface area contributed by atoms with Crippen molar-refractivity contribution in [2.45, 2.75) is 6.54 Å². The van der Waals surface area contributed by atoms with Crippen molar-refractivity contribution in [3.8, 4) is 5.75 Å². The van der Waals surface area contributed by atoms with Crippen molar-refractivity contribution in [2.75, 3.05) is 19.5 Å². The molecule has 2 aromatic rings. The van der Waals surface area contributed by atoms with Gasteiger partial charge in [-0.15, -0.1) is 0 Å². The van der Waals surface area contributed by atoms with E-state index in [1.165, 1.54) is 7.11 Å². The van der Waals surface area contributed by atoms with E-state index in [1.54, 1.807) is 31.4 Å². The Hall–Kier alpha value is -2.20. The number of ether oxygens (including phenoxy) is 2. The summed E-state index contributed by atoms with van der Waals surface area (Å²) in [6, 6.07) is 12.6. The maximum absolute atomic E-state index is 11.5. The molecule has 0 heterocycles. The van der Waals surface area contributed by atoms with Gasteiger partial charge in [0.05, 0.1) is 19.8 Å². The Morgan fingerprint density at radius 3 is 2.71 bits per heavy atom. The third-order valence-corrected chi connectivity index (χ3v) is 3.24. The molecule has 0 amide bonds. The van der Waals surface area contributed by atoms with Gasteiger partial charge in [0.2, 0.25) is 0 Å². The molecule has 0 aliphatic rings. The van der Waals surface area contributed by atoms with Crippen LogP contribution in [0.2, 0.25) is 5.02 Å². The van der Waals surface area contributed by atoms with Crippen LogP contribution in [0.25, 0.3) is 0 Å². The lowest BCUT2D eigenvalue weighted by Crippen LogP contribution is -2.04. The van der Waals surface area contributed by atoms with Crippen LogP contribution >= 0.6 is 11.6 Å². The van der Waals surface area contributed by atoms with Crippen LogP contribution in [0, 0.1) is 0 Å². The lowest BCUT2D eigenvalue weighted by atomic mass is 10.1. The first-order valence-electron chi connectivity index (χ1n) is 6.38. The van der Waals surface area contributed by atoms with Crippen LogP contribution in [0.15, 0.2) is 42.5 Å². The molecule has 0 saturated heterocycles. The maximum Gasteiger partial charge on any atom is 0.337 e. The summed E-state index contributed by atoms with van der Waals surface area (Å²) in [6.07, 6.45) is 0. The second-order valence-electron chi connectivity index (χ2n) is 4.38. The first-order chi connectivity index (χ1) is 10.1. The minimum Gasteiger partial charge on any atom is -0.496 e. The van der Waals surface area contributed by atoms with Gasteiger partial charge in [-0.1, -0.05) is 17.7 Å². The third-order valence-electron chi connectivity index (χ3n) is 3.01. The van der Waals surface area contributed by atoms with Crippen molar-refractivity contribution < 1.29 is 14.3 Å². The van der Waals surface area contributed by atoms with Crippen molar-refractivity contribution in [3.05, 3.63) is 58.6 Å². The number of methoxy groups -OCH3 is 2. The van der Waals surface area contributed by atoms with Crippen LogP contribution in [0.1, 0.15) is 15.9 Å². The summed E-state index contributed by atoms with van der Waals surface area (Å²) in [6.45, 7) is 0.536. The van der Waals surface area contributed by atoms with Gasteiger partial charge in [-0.05, 0) is 36.4 Å². The van der Waals surface area contributed by atoms with E-state index in [2.05, 4.69) is 5.32 Å². The third kappa shape index (κ3) is 3.89. The number of hydrogen-bond donors (Lipinski definition) is 1. The number of halogens is 1. The predicted molar refractivity (Wildman–Crippen MR) is 83.1 cm³/mol. The summed E-state index contributed by atoms with van der Waals surface area (Å²) in [4.78, 5) is 11.5. The first kappa shape index (κ1) is 15.2. The lowest BCUT2D eigenvalue weighted by molar-refractivity contribution is 0.0601. The van der Waals surface area contributed by atoms with Crippen LogP contribution in [0.5, 0.6) is 5.75 Å². The van der Waals surface area contributed by atoms with Crippen LogP contribution < -0.4 is 10.1 Å². The van der Waals surface area contributed by atoms with E-state index in [0.29, 0.717) is 17.1 Å². The molecule has 0 aromatic heterocycles. The molecule has 0 spiro atoms. The maximum atomic E-state index is 11.5. The molecule has 0 fully saturated rings. The van der Waals surface area contributed by atoms with Crippen molar-refractivity contribution >= 4 is 23.3 Å². The molecule has 2 rings (SSSR count). The van der Waals surface area contributed by atoms with Crippen LogP contribution in [-0.2, 0) is 11.3 Å². The highest BCUT2D eigenvalue weighted by atomic mass is 35.5. The summed E-state index contributed by atoms with van der Waals surface area (Å²) >= 11 is 6.00. The van der Waals surface area contributed by atoms with Crippen molar-refractivity contribution in [2.24, 2.45) is 0 Å². The van der Waals surface area contributed by atoms with Gasteiger partial charge in [-0.3, -0.25) is 0 Å². The fraction of sp³-hybridized carbons (Fsp3) is 0.188. The van der Waals surface area contributed by atoms with Gasteiger partial charge in [0, 0.05) is 22.8 Å². The number of nitrogens with one attached hydrogen (secondary N) is 1. The first-order valence-corrected chi connectivity index (χ1v) is 6.76. The van der Waals surface area contributed by atoms with Gasteiger partial charge >= 0.3 is 5.97 Å². The van der Waals surface area contributed by atoms with E-state index in [1.807, 2.05) is 18.2 Å². The molecular formula is C16H16ClNO3. The van der Waals surface area contributed by atoms with E-state index >= 15 is 0 Å². The predicted octanol–water partition coefficient (Wildman–Crippen LogP) is 3.75. The fourth-order valence-corrected chi connectivity index (χ4v) is 2.15. The molecule has 5 heteroatoms. The number of carbonyl (C=O) groups is 1. The molecular weight excluding hydrogens is 290 g/mol. The van der Waals surface area contributed by atoms with Gasteiger partial charge in [0.15, 0.2) is 0 Å². The Labute approximate surface area is 128 Å². The van der Waals surface area contributed by atoms with E-state index in [-0.39, 0.29) is 5.97 Å². The monoisotopic (exact) mass is 305 g/mol. The Bertz CT molecular complexity index is 643. The van der Waals surface area contributed by atoms with Gasteiger partial charge in [0.25, 0.3) is 0 Å². The summed E-state index contributed by atoms with van der Waals surface area (Å²) < 4.78 is 10.00. The molecule has 0 unspecified atom stereocenters. The van der Waals surface area contributed by atoms with Gasteiger partial charge in [-0.2, -0.15) is 0 Å². The van der Waals surface area contributed by atoms with E-state index < -0.39 is 0 Å². The molecule has 0 saturated carbocycles. The standard InChI is InChI=1S/C16H16ClNO3/c1-20-15-7-6-13(17)8-12(15)10-18-14-5-3-4-11(9-14)16(19)21-2/h3-9,18H,10H2,1-2H3. The molecule has 0 aliphatic carbocycles. The zero-order valence-electron chi connectivity index (χ0n) is 11.9. The smallest absolute Gasteiger partial charge is 0.337 e. The highest BCUT2D eigenvalue weighted by Crippen LogP contribution is 2.23. The summed E-state index contributed by atoms with van der Waals surface area (Å²) in [5.41, 5.74) is 2.26. The Morgan fingerprint density at radius 2 is 2.00 bits per heavy atom. The van der Waals surface area contributed by atoms with Crippen LogP contribution in [0.3, 0.4) is 0 Å². The van der Waals surface area contributed by atoms with Gasteiger partial charge in [-0.25, -0.2) is 4.79 Å². The van der Waals surface area contributed by atoms with Crippen molar-refractivity contribution in [1.29, 1.82) is 0 Å². The van der Waals surface area contributed by atoms with E-state index in [4.69, 9.17) is 21.1 Å². The lowest BCUT2D eigenvalue weighted by Gasteiger charge is -2.11. The molecule has 1 N–H and O–H groups in total. The summed E-state index contributed by atoms with van der Waals surface area (Å²) in [5, 5.41) is 3.88. The van der Waals surface area contributed by atoms with Crippen molar-refractivity contribution in [1.82, 2.24) is 0 Å². The Kier molecular flexibility index (Phi) is 5.06. The van der Waals surface area contributed by atoms with E-state index in [0.717, 1.165) is 17.0 Å². The number of carbonyl (C=O) groups excluding carboxylic acids is 1. The van der Waals surface area contributed by atoms with Crippen molar-refractivity contribution in [3.63, 3.8) is 0 Å². The molecule has 110 valence electrons. The number of rotatable bonds is 5. The number of esters is 1. The zero-order valence-corrected chi connectivity index (χ0v) is 12.6. The van der Waals surface area contributed by atoms with Crippen LogP contribution in [-0.4, -0.2) is 20.2 Å². The minimum absolute atomic E-state index is 0.362. The Balaban J connectivity index is 2.13. The molecule has 0 bridgehead atoms. The molecule has 4 nitrogen and oxygen atoms in total. The van der Waals surface area contributed by atoms with Crippen LogP contribution in [0.4, 0.5) is 5.69 Å². The van der Waals surface area contributed by atoms with Gasteiger partial charge < -0.3 is 14.8 Å². The normalized spacial score (nSPS) is 10.0. The second-order valence-corrected chi connectivity index (χ2v) is 4.82. The molecule has 0 atom stereocenters. The average molecular weight is 306 g/mol. The quantitative estimate of drug-likeness (QED) is 0.855. The highest BCUT2D eigenvalue weighted by molar-refractivity contribution is 6.30. The largest absolute Gasteiger partial charge is 0.496 e.